The van der Waals surface area contributed by atoms with Gasteiger partial charge in [0.05, 0.1) is 0 Å². The summed E-state index contributed by atoms with van der Waals surface area (Å²) in [4.78, 5) is 17.9. The summed E-state index contributed by atoms with van der Waals surface area (Å²) < 4.78 is 23.3. The molecule has 3 heterocycles. The Balaban J connectivity index is 1.48. The molecule has 1 atom stereocenters. The van der Waals surface area contributed by atoms with Crippen LogP contribution >= 0.6 is 34.0 Å². The van der Waals surface area contributed by atoms with E-state index in [0.29, 0.717) is 6.42 Å². The van der Waals surface area contributed by atoms with E-state index in [1.165, 1.54) is 29.9 Å². The number of carbonyl (C=O) groups is 1. The third-order valence-corrected chi connectivity index (χ3v) is 9.56. The molecule has 3 aromatic heterocycles. The maximum Gasteiger partial charge on any atom is 0.261 e. The molecule has 0 aliphatic carbocycles. The van der Waals surface area contributed by atoms with Gasteiger partial charge in [-0.3, -0.25) is 10.0 Å². The van der Waals surface area contributed by atoms with Gasteiger partial charge in [-0.1, -0.05) is 18.9 Å². The number of thiophene rings is 3. The van der Waals surface area contributed by atoms with E-state index in [1.54, 1.807) is 34.0 Å². The van der Waals surface area contributed by atoms with Crippen molar-refractivity contribution in [1.82, 2.24) is 5.48 Å². The quantitative estimate of drug-likeness (QED) is 0.242. The van der Waals surface area contributed by atoms with Gasteiger partial charge in [-0.15, -0.1) is 34.0 Å². The van der Waals surface area contributed by atoms with Crippen LogP contribution in [0, 0.1) is 0 Å². The predicted molar refractivity (Wildman–Crippen MR) is 122 cm³/mol. The Morgan fingerprint density at radius 1 is 1.00 bits per heavy atom. The van der Waals surface area contributed by atoms with Crippen molar-refractivity contribution in [2.75, 3.05) is 6.26 Å². The molecule has 3 aromatic rings. The van der Waals surface area contributed by atoms with Gasteiger partial charge < -0.3 is 0 Å². The molecule has 0 aromatic carbocycles. The van der Waals surface area contributed by atoms with Gasteiger partial charge in [-0.05, 0) is 55.0 Å². The molecule has 1 amide bonds. The van der Waals surface area contributed by atoms with Crippen molar-refractivity contribution in [3.8, 4) is 19.5 Å². The number of sulfone groups is 1. The monoisotopic (exact) mass is 469 g/mol. The molecular weight excluding hydrogens is 446 g/mol. The van der Waals surface area contributed by atoms with Crippen LogP contribution in [0.5, 0.6) is 0 Å². The second kappa shape index (κ2) is 9.99. The summed E-state index contributed by atoms with van der Waals surface area (Å²) in [6.45, 7) is 0. The third-order valence-electron chi connectivity index (χ3n) is 4.58. The first-order chi connectivity index (χ1) is 13.9. The van der Waals surface area contributed by atoms with Crippen molar-refractivity contribution >= 4 is 49.8 Å². The molecule has 1 unspecified atom stereocenters. The SMILES string of the molecule is CS(=O)(=O)C(CCCCCc1ccc(-c2ccc(-c3cccs3)s2)s1)C(=O)NO. The highest BCUT2D eigenvalue weighted by Gasteiger charge is 2.27. The Hall–Kier alpha value is -1.52. The zero-order chi connectivity index (χ0) is 20.9. The summed E-state index contributed by atoms with van der Waals surface area (Å²) in [6.07, 6.45) is 4.57. The van der Waals surface area contributed by atoms with Crippen LogP contribution in [-0.4, -0.2) is 31.0 Å². The fraction of sp³-hybridized carbons (Fsp3) is 0.350. The van der Waals surface area contributed by atoms with Crippen LogP contribution in [0.4, 0.5) is 0 Å². The standard InChI is InChI=1S/C20H23NO4S4/c1-29(24,25)19(20(22)21-23)8-4-2-3-6-14-9-10-17(27-14)18-12-11-16(28-18)15-7-5-13-26-15/h5,7,9-13,19,23H,2-4,6,8H2,1H3,(H,21,22). The molecule has 0 saturated heterocycles. The normalized spacial score (nSPS) is 12.8. The number of nitrogens with one attached hydrogen (secondary N) is 1. The number of hydrogen-bond donors (Lipinski definition) is 2. The molecule has 29 heavy (non-hydrogen) atoms. The van der Waals surface area contributed by atoms with Gasteiger partial charge in [0.25, 0.3) is 5.91 Å². The van der Waals surface area contributed by atoms with Crippen LogP contribution in [0.1, 0.15) is 30.6 Å². The minimum absolute atomic E-state index is 0.224. The highest BCUT2D eigenvalue weighted by Crippen LogP contribution is 2.39. The van der Waals surface area contributed by atoms with Crippen molar-refractivity contribution < 1.29 is 18.4 Å². The summed E-state index contributed by atoms with van der Waals surface area (Å²) in [7, 11) is -3.53. The molecule has 156 valence electrons. The van der Waals surface area contributed by atoms with E-state index in [4.69, 9.17) is 5.21 Å². The number of hydrogen-bond acceptors (Lipinski definition) is 7. The summed E-state index contributed by atoms with van der Waals surface area (Å²) in [5, 5.41) is 9.62. The van der Waals surface area contributed by atoms with Crippen molar-refractivity contribution in [2.24, 2.45) is 0 Å². The Kier molecular flexibility index (Phi) is 7.64. The van der Waals surface area contributed by atoms with E-state index in [9.17, 15) is 13.2 Å². The fourth-order valence-electron chi connectivity index (χ4n) is 3.08. The molecule has 3 rings (SSSR count). The van der Waals surface area contributed by atoms with E-state index in [1.807, 2.05) is 0 Å². The van der Waals surface area contributed by atoms with Crippen LogP contribution in [0.2, 0.25) is 0 Å². The molecule has 0 fully saturated rings. The Labute approximate surface area is 182 Å². The van der Waals surface area contributed by atoms with Crippen LogP contribution in [-0.2, 0) is 21.1 Å². The predicted octanol–water partition coefficient (Wildman–Crippen LogP) is 5.23. The minimum atomic E-state index is -3.53. The van der Waals surface area contributed by atoms with E-state index in [0.717, 1.165) is 25.5 Å². The molecule has 0 spiro atoms. The van der Waals surface area contributed by atoms with Gasteiger partial charge in [-0.25, -0.2) is 13.9 Å². The maximum absolute atomic E-state index is 11.7. The van der Waals surface area contributed by atoms with Crippen LogP contribution in [0.15, 0.2) is 41.8 Å². The average molecular weight is 470 g/mol. The van der Waals surface area contributed by atoms with Crippen LogP contribution in [0.25, 0.3) is 19.5 Å². The lowest BCUT2D eigenvalue weighted by Gasteiger charge is -2.12. The zero-order valence-electron chi connectivity index (χ0n) is 16.0. The molecule has 5 nitrogen and oxygen atoms in total. The lowest BCUT2D eigenvalue weighted by molar-refractivity contribution is -0.128. The molecule has 9 heteroatoms. The smallest absolute Gasteiger partial charge is 0.261 e. The van der Waals surface area contributed by atoms with E-state index < -0.39 is 21.0 Å². The van der Waals surface area contributed by atoms with Crippen molar-refractivity contribution in [3.05, 3.63) is 46.7 Å². The molecule has 2 N–H and O–H groups in total. The number of hydroxylamine groups is 1. The van der Waals surface area contributed by atoms with Gasteiger partial charge in [0, 0.05) is 30.6 Å². The number of amides is 1. The average Bonchev–Trinajstić information content (AvgIpc) is 3.43. The van der Waals surface area contributed by atoms with Gasteiger partial charge in [0.2, 0.25) is 0 Å². The first-order valence-corrected chi connectivity index (χ1v) is 13.7. The summed E-state index contributed by atoms with van der Waals surface area (Å²) in [5.74, 6) is -0.853. The largest absolute Gasteiger partial charge is 0.289 e. The second-order valence-corrected chi connectivity index (χ2v) is 12.2. The van der Waals surface area contributed by atoms with Crippen molar-refractivity contribution in [3.63, 3.8) is 0 Å². The Morgan fingerprint density at radius 3 is 2.34 bits per heavy atom. The summed E-state index contributed by atoms with van der Waals surface area (Å²) in [5.41, 5.74) is 1.45. The lowest BCUT2D eigenvalue weighted by atomic mass is 10.1. The first-order valence-electron chi connectivity index (χ1n) is 9.24. The third kappa shape index (κ3) is 5.99. The maximum atomic E-state index is 11.7. The lowest BCUT2D eigenvalue weighted by Crippen LogP contribution is -2.37. The van der Waals surface area contributed by atoms with Crippen molar-refractivity contribution in [1.29, 1.82) is 0 Å². The highest BCUT2D eigenvalue weighted by molar-refractivity contribution is 7.92. The Bertz CT molecular complexity index is 1030. The molecule has 0 saturated carbocycles. The topological polar surface area (TPSA) is 83.5 Å². The molecule has 0 radical (unpaired) electrons. The van der Waals surface area contributed by atoms with E-state index in [2.05, 4.69) is 41.8 Å². The fourth-order valence-corrected chi connectivity index (χ4v) is 7.10. The Morgan fingerprint density at radius 2 is 1.69 bits per heavy atom. The minimum Gasteiger partial charge on any atom is -0.289 e. The van der Waals surface area contributed by atoms with Gasteiger partial charge >= 0.3 is 0 Å². The number of aryl methyl sites for hydroxylation is 1. The zero-order valence-corrected chi connectivity index (χ0v) is 19.2. The van der Waals surface area contributed by atoms with Gasteiger partial charge in [0.1, 0.15) is 5.25 Å². The van der Waals surface area contributed by atoms with Crippen LogP contribution in [0.3, 0.4) is 0 Å². The summed E-state index contributed by atoms with van der Waals surface area (Å²) in [6, 6.07) is 12.9. The highest BCUT2D eigenvalue weighted by atomic mass is 32.2. The van der Waals surface area contributed by atoms with E-state index >= 15 is 0 Å². The number of carbonyl (C=O) groups excluding carboxylic acids is 1. The van der Waals surface area contributed by atoms with Gasteiger partial charge in [0.15, 0.2) is 9.84 Å². The molecular formula is C20H23NO4S4. The van der Waals surface area contributed by atoms with Crippen LogP contribution < -0.4 is 5.48 Å². The second-order valence-electron chi connectivity index (χ2n) is 6.80. The first kappa shape index (κ1) is 22.2. The molecule has 0 aliphatic rings. The van der Waals surface area contributed by atoms with E-state index in [-0.39, 0.29) is 6.42 Å². The molecule has 0 aliphatic heterocycles. The van der Waals surface area contributed by atoms with Gasteiger partial charge in [-0.2, -0.15) is 0 Å². The molecule has 0 bridgehead atoms. The summed E-state index contributed by atoms with van der Waals surface area (Å²) >= 11 is 5.35. The number of rotatable bonds is 10. The van der Waals surface area contributed by atoms with Crippen molar-refractivity contribution in [2.45, 2.75) is 37.4 Å². The number of unbranched alkanes of at least 4 members (excludes halogenated alkanes) is 2.